The van der Waals surface area contributed by atoms with Crippen LogP contribution in [0.15, 0.2) is 437 Å². The maximum Gasteiger partial charge on any atom is 0.0546 e. The summed E-state index contributed by atoms with van der Waals surface area (Å²) in [4.78, 5) is 4.96. The van der Waals surface area contributed by atoms with Crippen molar-refractivity contribution in [3.8, 4) is 122 Å². The summed E-state index contributed by atoms with van der Waals surface area (Å²) in [7, 11) is 0. The summed E-state index contributed by atoms with van der Waals surface area (Å²) in [6, 6.07) is 161. The van der Waals surface area contributed by atoms with Crippen molar-refractivity contribution < 1.29 is 0 Å². The van der Waals surface area contributed by atoms with Crippen LogP contribution >= 0.6 is 22.7 Å². The van der Waals surface area contributed by atoms with Gasteiger partial charge in [0.1, 0.15) is 0 Å². The average Bonchev–Trinajstić information content (AvgIpc) is 1.64. The van der Waals surface area contributed by atoms with Gasteiger partial charge >= 0.3 is 0 Å². The van der Waals surface area contributed by atoms with Crippen molar-refractivity contribution in [1.82, 2.24) is 0 Å². The normalized spacial score (nSPS) is 11.4. The second-order valence-corrected chi connectivity index (χ2v) is 30.7. The standard InChI is InChI=1S/C108H72N2S2/c1-6-28-73(29-7-1)74-54-62-85(63-55-74)109(101-51-26-46-90(79-34-12-4-13-35-79)106(101)95-44-18-16-40-88(95)77-30-8-2-9-31-77)86-64-56-76(57-65-86)84-60-68-94-99-71-83(61-69-104(99)111-105(94)72-84)82-39-24-38-81(70-82)75-58-66-87(67-59-75)110(100-50-22-20-42-92(100)97-48-25-49-98-93-43-21-23-53-103(93)112-108(97)98)102-52-27-47-91(80-36-14-5-15-37-80)107(102)96-45-19-17-41-89(96)78-32-10-3-11-33-78/h1-72H. The van der Waals surface area contributed by atoms with Gasteiger partial charge in [0.2, 0.25) is 0 Å². The lowest BCUT2D eigenvalue weighted by Crippen LogP contribution is -2.13. The SMILES string of the molecule is c1ccc(-c2ccc(N(c3ccc(-c4ccc5c(c4)sc4ccc(-c6cccc(-c7ccc(N(c8ccccc8-c8cccc9c8sc8ccccc89)c8cccc(-c9ccccc9)c8-c8ccccc8-c8ccccc8)cc7)c6)cc45)cc3)c3cccc(-c4ccccc4)c3-c3ccccc3-c3ccccc3)cc2)cc1. The molecule has 18 aromatic carbocycles. The average molecular weight is 1460 g/mol. The Morgan fingerprint density at radius 1 is 0.152 bits per heavy atom. The molecule has 0 amide bonds. The minimum absolute atomic E-state index is 1.05. The predicted octanol–water partition coefficient (Wildman–Crippen LogP) is 31.7. The lowest BCUT2D eigenvalue weighted by Gasteiger charge is -2.31. The molecule has 2 aromatic heterocycles. The number of thiophene rings is 2. The molecule has 112 heavy (non-hydrogen) atoms. The first kappa shape index (κ1) is 67.4. The summed E-state index contributed by atoms with van der Waals surface area (Å²) >= 11 is 3.74. The van der Waals surface area contributed by atoms with Gasteiger partial charge < -0.3 is 9.80 Å². The Bertz CT molecular complexity index is 6830. The first-order chi connectivity index (χ1) is 55.6. The molecule has 0 spiro atoms. The van der Waals surface area contributed by atoms with Crippen LogP contribution in [-0.4, -0.2) is 0 Å². The summed E-state index contributed by atoms with van der Waals surface area (Å²) in [6.45, 7) is 0. The van der Waals surface area contributed by atoms with E-state index in [0.29, 0.717) is 0 Å². The van der Waals surface area contributed by atoms with E-state index in [4.69, 9.17) is 0 Å². The van der Waals surface area contributed by atoms with Gasteiger partial charge in [-0.15, -0.1) is 22.7 Å². The van der Waals surface area contributed by atoms with Gasteiger partial charge in [-0.05, 0) is 185 Å². The third kappa shape index (κ3) is 12.6. The predicted molar refractivity (Wildman–Crippen MR) is 481 cm³/mol. The minimum Gasteiger partial charge on any atom is -0.310 e. The Balaban J connectivity index is 0.651. The molecule has 20 aromatic rings. The van der Waals surface area contributed by atoms with E-state index in [-0.39, 0.29) is 0 Å². The van der Waals surface area contributed by atoms with Crippen LogP contribution in [0, 0.1) is 0 Å². The number of hydrogen-bond donors (Lipinski definition) is 0. The fourth-order valence-electron chi connectivity index (χ4n) is 16.6. The summed E-state index contributed by atoms with van der Waals surface area (Å²) in [5.74, 6) is 0. The lowest BCUT2D eigenvalue weighted by molar-refractivity contribution is 1.28. The van der Waals surface area contributed by atoms with Gasteiger partial charge in [0, 0.05) is 79.7 Å². The third-order valence-corrected chi connectivity index (χ3v) is 24.3. The van der Waals surface area contributed by atoms with Crippen LogP contribution < -0.4 is 9.80 Å². The molecule has 0 aliphatic rings. The van der Waals surface area contributed by atoms with E-state index in [9.17, 15) is 0 Å². The van der Waals surface area contributed by atoms with Crippen LogP contribution in [0.1, 0.15) is 0 Å². The van der Waals surface area contributed by atoms with Crippen LogP contribution in [0.5, 0.6) is 0 Å². The van der Waals surface area contributed by atoms with Crippen molar-refractivity contribution in [2.45, 2.75) is 0 Å². The van der Waals surface area contributed by atoms with Crippen LogP contribution in [-0.2, 0) is 0 Å². The Kier molecular flexibility index (Phi) is 17.8. The van der Waals surface area contributed by atoms with Crippen molar-refractivity contribution in [2.75, 3.05) is 9.80 Å². The highest BCUT2D eigenvalue weighted by atomic mass is 32.1. The largest absolute Gasteiger partial charge is 0.310 e. The van der Waals surface area contributed by atoms with E-state index in [0.717, 1.165) is 89.8 Å². The summed E-state index contributed by atoms with van der Waals surface area (Å²) in [5, 5.41) is 5.08. The highest BCUT2D eigenvalue weighted by Crippen LogP contribution is 2.54. The summed E-state index contributed by atoms with van der Waals surface area (Å²) in [5.41, 5.74) is 32.2. The number of hydrogen-bond acceptors (Lipinski definition) is 4. The number of nitrogens with zero attached hydrogens (tertiary/aromatic N) is 2. The molecule has 0 fully saturated rings. The molecule has 0 aliphatic heterocycles. The van der Waals surface area contributed by atoms with Crippen molar-refractivity contribution >= 4 is 97.1 Å². The lowest BCUT2D eigenvalue weighted by atomic mass is 9.87. The molecular formula is C108H72N2S2. The molecule has 0 saturated heterocycles. The molecule has 0 radical (unpaired) electrons. The Morgan fingerprint density at radius 3 is 1.04 bits per heavy atom. The smallest absolute Gasteiger partial charge is 0.0546 e. The number of fused-ring (bicyclic) bond motifs is 6. The summed E-state index contributed by atoms with van der Waals surface area (Å²) < 4.78 is 5.09. The van der Waals surface area contributed by atoms with Crippen LogP contribution in [0.3, 0.4) is 0 Å². The van der Waals surface area contributed by atoms with Gasteiger partial charge in [-0.2, -0.15) is 0 Å². The van der Waals surface area contributed by atoms with Crippen LogP contribution in [0.2, 0.25) is 0 Å². The molecule has 0 N–H and O–H groups in total. The fourth-order valence-corrected chi connectivity index (χ4v) is 19.0. The van der Waals surface area contributed by atoms with Gasteiger partial charge in [0.05, 0.1) is 17.1 Å². The molecule has 2 nitrogen and oxygen atoms in total. The monoisotopic (exact) mass is 1460 g/mol. The van der Waals surface area contributed by atoms with E-state index in [2.05, 4.69) is 447 Å². The fraction of sp³-hybridized carbons (Fsp3) is 0. The molecular weight excluding hydrogens is 1390 g/mol. The molecule has 0 saturated carbocycles. The third-order valence-electron chi connectivity index (χ3n) is 22.0. The molecule has 0 unspecified atom stereocenters. The second-order valence-electron chi connectivity index (χ2n) is 28.5. The zero-order chi connectivity index (χ0) is 74.3. The number of para-hydroxylation sites is 1. The minimum atomic E-state index is 1.05. The molecule has 2 heterocycles. The molecule has 0 aliphatic carbocycles. The highest BCUT2D eigenvalue weighted by Gasteiger charge is 2.28. The topological polar surface area (TPSA) is 6.48 Å². The summed E-state index contributed by atoms with van der Waals surface area (Å²) in [6.07, 6.45) is 0. The molecule has 4 heteroatoms. The van der Waals surface area contributed by atoms with Crippen LogP contribution in [0.4, 0.5) is 34.1 Å². The number of benzene rings is 18. The molecule has 0 bridgehead atoms. The molecule has 20 rings (SSSR count). The van der Waals surface area contributed by atoms with Crippen molar-refractivity contribution in [2.24, 2.45) is 0 Å². The van der Waals surface area contributed by atoms with Crippen molar-refractivity contribution in [3.63, 3.8) is 0 Å². The number of rotatable bonds is 17. The van der Waals surface area contributed by atoms with E-state index >= 15 is 0 Å². The second kappa shape index (κ2) is 29.5. The van der Waals surface area contributed by atoms with E-state index < -0.39 is 0 Å². The maximum absolute atomic E-state index is 2.52. The van der Waals surface area contributed by atoms with Gasteiger partial charge in [-0.3, -0.25) is 0 Å². The van der Waals surface area contributed by atoms with E-state index in [1.165, 1.54) is 107 Å². The van der Waals surface area contributed by atoms with Gasteiger partial charge in [-0.25, -0.2) is 0 Å². The first-order valence-electron chi connectivity index (χ1n) is 38.3. The van der Waals surface area contributed by atoms with Gasteiger partial charge in [0.15, 0.2) is 0 Å². The van der Waals surface area contributed by atoms with E-state index in [1.807, 2.05) is 22.7 Å². The highest BCUT2D eigenvalue weighted by molar-refractivity contribution is 7.26. The van der Waals surface area contributed by atoms with Crippen molar-refractivity contribution in [1.29, 1.82) is 0 Å². The van der Waals surface area contributed by atoms with Gasteiger partial charge in [-0.1, -0.05) is 352 Å². The zero-order valence-corrected chi connectivity index (χ0v) is 62.9. The zero-order valence-electron chi connectivity index (χ0n) is 61.3. The molecule has 526 valence electrons. The number of anilines is 6. The van der Waals surface area contributed by atoms with Crippen molar-refractivity contribution in [3.05, 3.63) is 437 Å². The Hall–Kier alpha value is -14.0. The molecule has 0 atom stereocenters. The first-order valence-corrected chi connectivity index (χ1v) is 39.9. The maximum atomic E-state index is 2.52. The van der Waals surface area contributed by atoms with Crippen LogP contribution in [0.25, 0.3) is 163 Å². The van der Waals surface area contributed by atoms with E-state index in [1.54, 1.807) is 0 Å². The van der Waals surface area contributed by atoms with Gasteiger partial charge in [0.25, 0.3) is 0 Å². The Morgan fingerprint density at radius 2 is 0.482 bits per heavy atom. The quantitative estimate of drug-likeness (QED) is 0.0896. The Labute approximate surface area is 661 Å².